The standard InChI is InChI=1S/C11H14NO/c1-2-3-9-13-12-10-11-7-5-4-6-8-11/h4-7,10H,2-3,9H2,1H3/b12-10+. The molecule has 0 aliphatic heterocycles. The van der Waals surface area contributed by atoms with Crippen LogP contribution in [-0.2, 0) is 4.84 Å². The maximum absolute atomic E-state index is 5.03. The maximum Gasteiger partial charge on any atom is 0.117 e. The molecule has 0 saturated carbocycles. The van der Waals surface area contributed by atoms with Crippen molar-refractivity contribution in [2.24, 2.45) is 5.16 Å². The van der Waals surface area contributed by atoms with Gasteiger partial charge in [0.05, 0.1) is 6.21 Å². The molecule has 1 aromatic rings. The molecule has 0 aliphatic rings. The first-order chi connectivity index (χ1) is 6.43. The fourth-order valence-electron chi connectivity index (χ4n) is 0.843. The van der Waals surface area contributed by atoms with Crippen molar-refractivity contribution in [1.29, 1.82) is 0 Å². The van der Waals surface area contributed by atoms with E-state index in [9.17, 15) is 0 Å². The van der Waals surface area contributed by atoms with Gasteiger partial charge >= 0.3 is 0 Å². The molecule has 1 rings (SSSR count). The van der Waals surface area contributed by atoms with Crippen LogP contribution in [0.15, 0.2) is 29.4 Å². The lowest BCUT2D eigenvalue weighted by Gasteiger charge is -1.95. The molecule has 69 valence electrons. The molecule has 0 spiro atoms. The van der Waals surface area contributed by atoms with Gasteiger partial charge in [-0.2, -0.15) is 0 Å². The summed E-state index contributed by atoms with van der Waals surface area (Å²) in [5.74, 6) is 0. The van der Waals surface area contributed by atoms with Crippen LogP contribution >= 0.6 is 0 Å². The minimum absolute atomic E-state index is 0.694. The average Bonchev–Trinajstić information content (AvgIpc) is 2.19. The first-order valence-corrected chi connectivity index (χ1v) is 4.55. The normalized spacial score (nSPS) is 10.5. The lowest BCUT2D eigenvalue weighted by atomic mass is 10.2. The van der Waals surface area contributed by atoms with Crippen molar-refractivity contribution in [3.63, 3.8) is 0 Å². The van der Waals surface area contributed by atoms with E-state index in [-0.39, 0.29) is 0 Å². The molecule has 0 heterocycles. The molecule has 0 aromatic heterocycles. The van der Waals surface area contributed by atoms with Crippen molar-refractivity contribution in [3.05, 3.63) is 35.9 Å². The van der Waals surface area contributed by atoms with Gasteiger partial charge in [0, 0.05) is 5.56 Å². The molecule has 0 aliphatic carbocycles. The van der Waals surface area contributed by atoms with Gasteiger partial charge in [-0.05, 0) is 12.5 Å². The van der Waals surface area contributed by atoms with Crippen LogP contribution in [0.1, 0.15) is 25.3 Å². The van der Waals surface area contributed by atoms with Gasteiger partial charge in [-0.1, -0.05) is 42.8 Å². The molecular formula is C11H14NO. The largest absolute Gasteiger partial charge is 0.396 e. The lowest BCUT2D eigenvalue weighted by Crippen LogP contribution is -1.87. The second-order valence-corrected chi connectivity index (χ2v) is 2.74. The third-order valence-electron chi connectivity index (χ3n) is 1.59. The minimum atomic E-state index is 0.694. The number of rotatable bonds is 5. The second kappa shape index (κ2) is 6.23. The van der Waals surface area contributed by atoms with Gasteiger partial charge in [-0.25, -0.2) is 0 Å². The molecule has 0 fully saturated rings. The third kappa shape index (κ3) is 4.31. The highest BCUT2D eigenvalue weighted by Crippen LogP contribution is 1.93. The third-order valence-corrected chi connectivity index (χ3v) is 1.59. The number of unbranched alkanes of at least 4 members (excludes halogenated alkanes) is 1. The van der Waals surface area contributed by atoms with Crippen LogP contribution in [0.4, 0.5) is 0 Å². The molecule has 0 N–H and O–H groups in total. The second-order valence-electron chi connectivity index (χ2n) is 2.74. The zero-order chi connectivity index (χ0) is 9.36. The highest BCUT2D eigenvalue weighted by Gasteiger charge is 1.84. The van der Waals surface area contributed by atoms with Crippen LogP contribution in [0.25, 0.3) is 0 Å². The van der Waals surface area contributed by atoms with Gasteiger partial charge in [-0.3, -0.25) is 0 Å². The van der Waals surface area contributed by atoms with Gasteiger partial charge in [-0.15, -0.1) is 0 Å². The van der Waals surface area contributed by atoms with Gasteiger partial charge in [0.1, 0.15) is 6.61 Å². The summed E-state index contributed by atoms with van der Waals surface area (Å²) in [5.41, 5.74) is 0.944. The van der Waals surface area contributed by atoms with E-state index in [1.165, 1.54) is 0 Å². The van der Waals surface area contributed by atoms with E-state index in [1.807, 2.05) is 24.3 Å². The number of hydrogen-bond acceptors (Lipinski definition) is 2. The Kier molecular flexibility index (Phi) is 4.69. The van der Waals surface area contributed by atoms with Crippen molar-refractivity contribution < 1.29 is 4.84 Å². The van der Waals surface area contributed by atoms with Gasteiger partial charge in [0.15, 0.2) is 0 Å². The van der Waals surface area contributed by atoms with Gasteiger partial charge < -0.3 is 4.84 Å². The summed E-state index contributed by atoms with van der Waals surface area (Å²) in [7, 11) is 0. The van der Waals surface area contributed by atoms with E-state index in [1.54, 1.807) is 6.21 Å². The van der Waals surface area contributed by atoms with Crippen LogP contribution in [0.3, 0.4) is 0 Å². The zero-order valence-electron chi connectivity index (χ0n) is 7.86. The summed E-state index contributed by atoms with van der Waals surface area (Å²) >= 11 is 0. The van der Waals surface area contributed by atoms with Crippen LogP contribution < -0.4 is 0 Å². The van der Waals surface area contributed by atoms with E-state index in [0.29, 0.717) is 6.61 Å². The van der Waals surface area contributed by atoms with E-state index in [4.69, 9.17) is 4.84 Å². The number of hydrogen-bond donors (Lipinski definition) is 0. The molecule has 1 aromatic carbocycles. The number of nitrogens with zero attached hydrogens (tertiary/aromatic N) is 1. The highest BCUT2D eigenvalue weighted by atomic mass is 16.6. The predicted molar refractivity (Wildman–Crippen MR) is 53.7 cm³/mol. The molecule has 0 saturated heterocycles. The summed E-state index contributed by atoms with van der Waals surface area (Å²) in [4.78, 5) is 5.03. The molecule has 0 atom stereocenters. The summed E-state index contributed by atoms with van der Waals surface area (Å²) in [6.45, 7) is 2.82. The smallest absolute Gasteiger partial charge is 0.117 e. The Morgan fingerprint density at radius 3 is 3.15 bits per heavy atom. The van der Waals surface area contributed by atoms with Gasteiger partial charge in [0.2, 0.25) is 0 Å². The van der Waals surface area contributed by atoms with Crippen molar-refractivity contribution in [2.75, 3.05) is 6.61 Å². The maximum atomic E-state index is 5.03. The van der Waals surface area contributed by atoms with Crippen molar-refractivity contribution in [2.45, 2.75) is 19.8 Å². The molecule has 2 nitrogen and oxygen atoms in total. The Morgan fingerprint density at radius 1 is 1.54 bits per heavy atom. The summed E-state index contributed by atoms with van der Waals surface area (Å²) < 4.78 is 0. The van der Waals surface area contributed by atoms with E-state index < -0.39 is 0 Å². The lowest BCUT2D eigenvalue weighted by molar-refractivity contribution is 0.143. The molecule has 13 heavy (non-hydrogen) atoms. The summed E-state index contributed by atoms with van der Waals surface area (Å²) in [6, 6.07) is 10.7. The van der Waals surface area contributed by atoms with Crippen LogP contribution in [0, 0.1) is 6.07 Å². The zero-order valence-corrected chi connectivity index (χ0v) is 7.86. The minimum Gasteiger partial charge on any atom is -0.396 e. The molecule has 0 bridgehead atoms. The van der Waals surface area contributed by atoms with Crippen molar-refractivity contribution >= 4 is 6.21 Å². The van der Waals surface area contributed by atoms with Crippen molar-refractivity contribution in [1.82, 2.24) is 0 Å². The van der Waals surface area contributed by atoms with Crippen LogP contribution in [0.5, 0.6) is 0 Å². The first-order valence-electron chi connectivity index (χ1n) is 4.55. The monoisotopic (exact) mass is 176 g/mol. The fourth-order valence-corrected chi connectivity index (χ4v) is 0.843. The number of benzene rings is 1. The summed E-state index contributed by atoms with van der Waals surface area (Å²) in [6.07, 6.45) is 3.86. The molecular weight excluding hydrogens is 162 g/mol. The Morgan fingerprint density at radius 2 is 2.46 bits per heavy atom. The van der Waals surface area contributed by atoms with E-state index in [2.05, 4.69) is 18.1 Å². The molecule has 0 amide bonds. The van der Waals surface area contributed by atoms with Crippen molar-refractivity contribution in [3.8, 4) is 0 Å². The summed E-state index contributed by atoms with van der Waals surface area (Å²) in [5, 5.41) is 3.82. The SMILES string of the molecule is CCCCO/N=C/c1[c]cccc1. The Labute approximate surface area is 79.2 Å². The molecule has 1 radical (unpaired) electrons. The number of oxime groups is 1. The Bertz CT molecular complexity index is 244. The van der Waals surface area contributed by atoms with Crippen LogP contribution in [-0.4, -0.2) is 12.8 Å². The predicted octanol–water partition coefficient (Wildman–Crippen LogP) is 2.64. The van der Waals surface area contributed by atoms with E-state index >= 15 is 0 Å². The van der Waals surface area contributed by atoms with Gasteiger partial charge in [0.25, 0.3) is 0 Å². The van der Waals surface area contributed by atoms with E-state index in [0.717, 1.165) is 18.4 Å². The fraction of sp³-hybridized carbons (Fsp3) is 0.364. The Hall–Kier alpha value is -1.31. The van der Waals surface area contributed by atoms with Crippen LogP contribution in [0.2, 0.25) is 0 Å². The first kappa shape index (κ1) is 9.78. The Balaban J connectivity index is 2.25. The highest BCUT2D eigenvalue weighted by molar-refractivity contribution is 5.78. The topological polar surface area (TPSA) is 21.6 Å². The average molecular weight is 176 g/mol. The molecule has 2 heteroatoms. The quantitative estimate of drug-likeness (QED) is 0.384. The molecule has 0 unspecified atom stereocenters.